The van der Waals surface area contributed by atoms with Crippen LogP contribution >= 0.6 is 11.3 Å². The highest BCUT2D eigenvalue weighted by Crippen LogP contribution is 2.32. The Morgan fingerprint density at radius 1 is 1.17 bits per heavy atom. The lowest BCUT2D eigenvalue weighted by molar-refractivity contribution is -0.117. The highest BCUT2D eigenvalue weighted by atomic mass is 32.1. The number of para-hydroxylation sites is 1. The third kappa shape index (κ3) is 4.28. The van der Waals surface area contributed by atoms with E-state index < -0.39 is 0 Å². The Hall–Kier alpha value is -3.40. The number of H-pyrrole nitrogens is 1. The first-order valence-electron chi connectivity index (χ1n) is 9.79. The maximum Gasteiger partial charge on any atom is 0.241 e. The topological polar surface area (TPSA) is 80.7 Å². The molecule has 1 amide bonds. The van der Waals surface area contributed by atoms with Crippen LogP contribution in [0.1, 0.15) is 28.8 Å². The number of carbonyl (C=O) groups excluding carboxylic acids is 1. The molecule has 0 aliphatic rings. The summed E-state index contributed by atoms with van der Waals surface area (Å²) < 4.78 is 0. The number of thiophene rings is 1. The Morgan fingerprint density at radius 2 is 2.03 bits per heavy atom. The van der Waals surface area contributed by atoms with Gasteiger partial charge in [0.05, 0.1) is 17.7 Å². The van der Waals surface area contributed by atoms with Crippen molar-refractivity contribution in [3.8, 4) is 6.07 Å². The number of aromatic nitrogens is 1. The van der Waals surface area contributed by atoms with E-state index in [4.69, 9.17) is 5.26 Å². The zero-order chi connectivity index (χ0) is 20.9. The molecule has 2 aromatic heterocycles. The van der Waals surface area contributed by atoms with Crippen LogP contribution in [0.25, 0.3) is 10.9 Å². The number of hydrogen-bond acceptors (Lipinski definition) is 4. The monoisotopic (exact) mass is 414 g/mol. The first-order chi connectivity index (χ1) is 14.7. The molecule has 0 saturated heterocycles. The van der Waals surface area contributed by atoms with Crippen molar-refractivity contribution in [2.24, 2.45) is 0 Å². The van der Waals surface area contributed by atoms with Crippen LogP contribution in [0.2, 0.25) is 0 Å². The van der Waals surface area contributed by atoms with Crippen molar-refractivity contribution in [3.63, 3.8) is 0 Å². The fourth-order valence-electron chi connectivity index (χ4n) is 3.54. The Labute approximate surface area is 179 Å². The van der Waals surface area contributed by atoms with Crippen molar-refractivity contribution in [3.05, 3.63) is 88.2 Å². The molecular formula is C24H22N4OS. The normalized spacial score (nSPS) is 12.9. The molecule has 6 heteroatoms. The predicted octanol–water partition coefficient (Wildman–Crippen LogP) is 4.85. The summed E-state index contributed by atoms with van der Waals surface area (Å²) in [7, 11) is 0. The van der Waals surface area contributed by atoms with Crippen LogP contribution < -0.4 is 10.6 Å². The molecule has 0 aliphatic heterocycles. The average molecular weight is 415 g/mol. The fourth-order valence-corrected chi connectivity index (χ4v) is 4.39. The van der Waals surface area contributed by atoms with E-state index in [1.807, 2.05) is 19.1 Å². The van der Waals surface area contributed by atoms with Gasteiger partial charge in [-0.05, 0) is 48.2 Å². The van der Waals surface area contributed by atoms with Crippen molar-refractivity contribution in [1.82, 2.24) is 10.3 Å². The van der Waals surface area contributed by atoms with Gasteiger partial charge in [-0.2, -0.15) is 5.26 Å². The number of hydrogen-bond donors (Lipinski definition) is 3. The van der Waals surface area contributed by atoms with Crippen molar-refractivity contribution in [1.29, 1.82) is 5.26 Å². The Morgan fingerprint density at radius 3 is 2.83 bits per heavy atom. The molecule has 0 bridgehead atoms. The van der Waals surface area contributed by atoms with E-state index in [9.17, 15) is 4.79 Å². The van der Waals surface area contributed by atoms with E-state index in [1.54, 1.807) is 35.6 Å². The SMILES string of the molecule is C[C@@H](NC[C@@H](c1cccs1)c1c[nH]c2ccccc12)C(=O)Nc1cccc(C#N)c1. The fraction of sp³-hybridized carbons (Fsp3) is 0.167. The lowest BCUT2D eigenvalue weighted by atomic mass is 9.96. The van der Waals surface area contributed by atoms with Gasteiger partial charge in [0.15, 0.2) is 0 Å². The molecule has 2 heterocycles. The number of aromatic amines is 1. The summed E-state index contributed by atoms with van der Waals surface area (Å²) in [5, 5.41) is 18.6. The third-order valence-corrected chi connectivity index (χ3v) is 6.15. The summed E-state index contributed by atoms with van der Waals surface area (Å²) >= 11 is 1.72. The van der Waals surface area contributed by atoms with Gasteiger partial charge in [0, 0.05) is 40.1 Å². The zero-order valence-corrected chi connectivity index (χ0v) is 17.4. The van der Waals surface area contributed by atoms with E-state index in [-0.39, 0.29) is 17.9 Å². The van der Waals surface area contributed by atoms with Crippen LogP contribution in [0.3, 0.4) is 0 Å². The third-order valence-electron chi connectivity index (χ3n) is 5.16. The van der Waals surface area contributed by atoms with E-state index in [0.717, 1.165) is 5.52 Å². The van der Waals surface area contributed by atoms with Gasteiger partial charge in [-0.1, -0.05) is 30.3 Å². The number of nitrogens with one attached hydrogen (secondary N) is 3. The van der Waals surface area contributed by atoms with Gasteiger partial charge >= 0.3 is 0 Å². The number of nitriles is 1. The predicted molar refractivity (Wildman–Crippen MR) is 122 cm³/mol. The van der Waals surface area contributed by atoms with Gasteiger partial charge in [0.1, 0.15) is 0 Å². The molecule has 30 heavy (non-hydrogen) atoms. The highest BCUT2D eigenvalue weighted by Gasteiger charge is 2.21. The van der Waals surface area contributed by atoms with Crippen LogP contribution in [0.15, 0.2) is 72.2 Å². The Balaban J connectivity index is 1.49. The van der Waals surface area contributed by atoms with Gasteiger partial charge in [-0.15, -0.1) is 11.3 Å². The van der Waals surface area contributed by atoms with Crippen molar-refractivity contribution < 1.29 is 4.79 Å². The van der Waals surface area contributed by atoms with Crippen LogP contribution in [-0.4, -0.2) is 23.5 Å². The summed E-state index contributed by atoms with van der Waals surface area (Å²) in [5.74, 6) is 0.00672. The van der Waals surface area contributed by atoms with E-state index in [2.05, 4.69) is 57.5 Å². The van der Waals surface area contributed by atoms with Crippen LogP contribution in [0.4, 0.5) is 5.69 Å². The summed E-state index contributed by atoms with van der Waals surface area (Å²) in [6.07, 6.45) is 2.06. The maximum atomic E-state index is 12.6. The number of nitrogens with zero attached hydrogens (tertiary/aromatic N) is 1. The summed E-state index contributed by atoms with van der Waals surface area (Å²) in [6.45, 7) is 2.49. The van der Waals surface area contributed by atoms with Crippen LogP contribution in [0.5, 0.6) is 0 Å². The van der Waals surface area contributed by atoms with Crippen molar-refractivity contribution >= 4 is 33.8 Å². The van der Waals surface area contributed by atoms with Gasteiger partial charge < -0.3 is 15.6 Å². The Kier molecular flexibility index (Phi) is 5.94. The quantitative estimate of drug-likeness (QED) is 0.404. The van der Waals surface area contributed by atoms with Gasteiger partial charge in [0.2, 0.25) is 5.91 Å². The Bertz CT molecular complexity index is 1190. The molecule has 0 radical (unpaired) electrons. The molecule has 0 unspecified atom stereocenters. The standard InChI is InChI=1S/C24H22N4OS/c1-16(24(29)28-18-7-4-6-17(12-18)13-25)26-15-21(23-10-5-11-30-23)20-14-27-22-9-3-2-8-19(20)22/h2-12,14,16,21,26-27H,15H2,1H3,(H,28,29)/t16-,21-/m1/s1. The molecule has 0 saturated carbocycles. The summed E-state index contributed by atoms with van der Waals surface area (Å²) in [4.78, 5) is 17.3. The van der Waals surface area contributed by atoms with Gasteiger partial charge in [-0.3, -0.25) is 4.79 Å². The minimum Gasteiger partial charge on any atom is -0.361 e. The van der Waals surface area contributed by atoms with E-state index in [0.29, 0.717) is 17.8 Å². The number of amides is 1. The minimum absolute atomic E-state index is 0.131. The number of fused-ring (bicyclic) bond motifs is 1. The largest absolute Gasteiger partial charge is 0.361 e. The second kappa shape index (κ2) is 8.95. The number of rotatable bonds is 7. The number of benzene rings is 2. The first-order valence-corrected chi connectivity index (χ1v) is 10.7. The van der Waals surface area contributed by atoms with Gasteiger partial charge in [0.25, 0.3) is 0 Å². The lowest BCUT2D eigenvalue weighted by Crippen LogP contribution is -2.40. The second-order valence-electron chi connectivity index (χ2n) is 7.17. The highest BCUT2D eigenvalue weighted by molar-refractivity contribution is 7.10. The van der Waals surface area contributed by atoms with Crippen LogP contribution in [-0.2, 0) is 4.79 Å². The smallest absolute Gasteiger partial charge is 0.241 e. The zero-order valence-electron chi connectivity index (χ0n) is 16.6. The second-order valence-corrected chi connectivity index (χ2v) is 8.15. The van der Waals surface area contributed by atoms with E-state index >= 15 is 0 Å². The van der Waals surface area contributed by atoms with Gasteiger partial charge in [-0.25, -0.2) is 0 Å². The maximum absolute atomic E-state index is 12.6. The van der Waals surface area contributed by atoms with Crippen molar-refractivity contribution in [2.45, 2.75) is 18.9 Å². The molecule has 3 N–H and O–H groups in total. The summed E-state index contributed by atoms with van der Waals surface area (Å²) in [6, 6.07) is 21.1. The molecular weight excluding hydrogens is 392 g/mol. The average Bonchev–Trinajstić information content (AvgIpc) is 3.45. The van der Waals surface area contributed by atoms with E-state index in [1.165, 1.54) is 15.8 Å². The first kappa shape index (κ1) is 19.9. The van der Waals surface area contributed by atoms with Crippen molar-refractivity contribution in [2.75, 3.05) is 11.9 Å². The number of anilines is 1. The summed E-state index contributed by atoms with van der Waals surface area (Å²) in [5.41, 5.74) is 3.47. The molecule has 2 atom stereocenters. The molecule has 5 nitrogen and oxygen atoms in total. The molecule has 4 rings (SSSR count). The number of carbonyl (C=O) groups is 1. The molecule has 0 fully saturated rings. The molecule has 2 aromatic carbocycles. The molecule has 0 aliphatic carbocycles. The molecule has 4 aromatic rings. The molecule has 0 spiro atoms. The van der Waals surface area contributed by atoms with Crippen LogP contribution in [0, 0.1) is 11.3 Å². The molecule has 150 valence electrons. The minimum atomic E-state index is -0.386. The lowest BCUT2D eigenvalue weighted by Gasteiger charge is -2.20.